The van der Waals surface area contributed by atoms with E-state index in [1.54, 1.807) is 11.8 Å². The van der Waals surface area contributed by atoms with Gasteiger partial charge in [-0.05, 0) is 25.5 Å². The van der Waals surface area contributed by atoms with Crippen molar-refractivity contribution in [1.29, 1.82) is 0 Å². The van der Waals surface area contributed by atoms with Crippen LogP contribution in [0.2, 0.25) is 0 Å². The molecule has 0 aliphatic carbocycles. The number of thioether (sulfide) groups is 1. The fourth-order valence-corrected chi connectivity index (χ4v) is 1.87. The van der Waals surface area contributed by atoms with E-state index in [-0.39, 0.29) is 18.6 Å². The summed E-state index contributed by atoms with van der Waals surface area (Å²) >= 11 is 1.66. The van der Waals surface area contributed by atoms with Crippen LogP contribution in [-0.2, 0) is 4.79 Å². The number of hydrogen-bond donors (Lipinski definition) is 1. The van der Waals surface area contributed by atoms with E-state index in [0.29, 0.717) is 24.0 Å². The van der Waals surface area contributed by atoms with Gasteiger partial charge in [0.2, 0.25) is 5.91 Å². The van der Waals surface area contributed by atoms with Crippen molar-refractivity contribution in [3.05, 3.63) is 0 Å². The molecule has 0 aromatic rings. The minimum atomic E-state index is 0.147. The average molecular weight is 233 g/mol. The highest BCUT2D eigenvalue weighted by Crippen LogP contribution is 2.11. The molecule has 0 saturated carbocycles. The molecule has 1 N–H and O–H groups in total. The topological polar surface area (TPSA) is 40.5 Å². The van der Waals surface area contributed by atoms with Crippen molar-refractivity contribution < 1.29 is 9.90 Å². The van der Waals surface area contributed by atoms with Crippen LogP contribution in [0.5, 0.6) is 0 Å². The zero-order valence-corrected chi connectivity index (χ0v) is 11.0. The van der Waals surface area contributed by atoms with Gasteiger partial charge in [0.15, 0.2) is 0 Å². The summed E-state index contributed by atoms with van der Waals surface area (Å²) in [7, 11) is 0. The number of carbonyl (C=O) groups is 1. The summed E-state index contributed by atoms with van der Waals surface area (Å²) in [6.45, 7) is 9.00. The fourth-order valence-electron chi connectivity index (χ4n) is 1.23. The third-order valence-corrected chi connectivity index (χ3v) is 3.12. The predicted octanol–water partition coefficient (Wildman–Crippen LogP) is 1.75. The van der Waals surface area contributed by atoms with Gasteiger partial charge in [0.05, 0.1) is 5.75 Å². The third-order valence-electron chi connectivity index (χ3n) is 2.04. The smallest absolute Gasteiger partial charge is 0.232 e. The van der Waals surface area contributed by atoms with Gasteiger partial charge in [-0.15, -0.1) is 11.8 Å². The van der Waals surface area contributed by atoms with Crippen LogP contribution >= 0.6 is 11.8 Å². The largest absolute Gasteiger partial charge is 0.396 e. The van der Waals surface area contributed by atoms with Crippen molar-refractivity contribution in [2.75, 3.05) is 18.9 Å². The van der Waals surface area contributed by atoms with Crippen molar-refractivity contribution in [3.8, 4) is 0 Å². The van der Waals surface area contributed by atoms with E-state index < -0.39 is 0 Å². The van der Waals surface area contributed by atoms with Crippen LogP contribution in [0, 0.1) is 0 Å². The zero-order valence-electron chi connectivity index (χ0n) is 10.2. The number of hydrogen-bond acceptors (Lipinski definition) is 3. The van der Waals surface area contributed by atoms with Crippen LogP contribution in [0.25, 0.3) is 0 Å². The van der Waals surface area contributed by atoms with Crippen LogP contribution < -0.4 is 0 Å². The number of nitrogens with zero attached hydrogens (tertiary/aromatic N) is 1. The van der Waals surface area contributed by atoms with Crippen molar-refractivity contribution in [1.82, 2.24) is 4.90 Å². The van der Waals surface area contributed by atoms with Crippen molar-refractivity contribution in [2.24, 2.45) is 0 Å². The molecular weight excluding hydrogens is 210 g/mol. The highest BCUT2D eigenvalue weighted by molar-refractivity contribution is 8.00. The predicted molar refractivity (Wildman–Crippen MR) is 66.1 cm³/mol. The summed E-state index contributed by atoms with van der Waals surface area (Å²) in [6, 6.07) is 0.219. The molecule has 90 valence electrons. The summed E-state index contributed by atoms with van der Waals surface area (Å²) in [5.41, 5.74) is 0. The average Bonchev–Trinajstić information content (AvgIpc) is 2.14. The summed E-state index contributed by atoms with van der Waals surface area (Å²) < 4.78 is 0. The molecule has 0 atom stereocenters. The second kappa shape index (κ2) is 7.99. The maximum absolute atomic E-state index is 11.8. The van der Waals surface area contributed by atoms with E-state index in [1.807, 2.05) is 18.7 Å². The summed E-state index contributed by atoms with van der Waals surface area (Å²) in [6.07, 6.45) is 0.663. The molecule has 0 aliphatic rings. The van der Waals surface area contributed by atoms with Gasteiger partial charge in [0, 0.05) is 19.2 Å². The van der Waals surface area contributed by atoms with Crippen LogP contribution in [0.15, 0.2) is 0 Å². The quantitative estimate of drug-likeness (QED) is 0.728. The third kappa shape index (κ3) is 6.79. The normalized spacial score (nSPS) is 11.1. The Balaban J connectivity index is 4.05. The highest BCUT2D eigenvalue weighted by atomic mass is 32.2. The molecule has 0 unspecified atom stereocenters. The second-order valence-corrected chi connectivity index (χ2v) is 5.68. The lowest BCUT2D eigenvalue weighted by Gasteiger charge is -2.26. The number of carbonyl (C=O) groups excluding carboxylic acids is 1. The van der Waals surface area contributed by atoms with Gasteiger partial charge in [-0.3, -0.25) is 4.79 Å². The Morgan fingerprint density at radius 1 is 1.33 bits per heavy atom. The Morgan fingerprint density at radius 3 is 2.33 bits per heavy atom. The molecule has 0 radical (unpaired) electrons. The van der Waals surface area contributed by atoms with Crippen molar-refractivity contribution >= 4 is 17.7 Å². The maximum Gasteiger partial charge on any atom is 0.232 e. The first-order chi connectivity index (χ1) is 6.99. The maximum atomic E-state index is 11.8. The molecule has 3 nitrogen and oxygen atoms in total. The van der Waals surface area contributed by atoms with Gasteiger partial charge in [-0.2, -0.15) is 0 Å². The molecule has 0 aromatic heterocycles. The van der Waals surface area contributed by atoms with E-state index in [9.17, 15) is 4.79 Å². The standard InChI is InChI=1S/C11H23NO2S/c1-9(2)12(6-5-7-13)11(14)8-15-10(3)4/h9-10,13H,5-8H2,1-4H3. The van der Waals surface area contributed by atoms with E-state index in [2.05, 4.69) is 13.8 Å². The van der Waals surface area contributed by atoms with Crippen LogP contribution in [0.1, 0.15) is 34.1 Å². The Labute approximate surface area is 97.2 Å². The second-order valence-electron chi connectivity index (χ2n) is 4.12. The summed E-state index contributed by atoms with van der Waals surface area (Å²) in [4.78, 5) is 13.7. The highest BCUT2D eigenvalue weighted by Gasteiger charge is 2.16. The van der Waals surface area contributed by atoms with E-state index >= 15 is 0 Å². The molecule has 0 heterocycles. The van der Waals surface area contributed by atoms with Crippen LogP contribution in [0.3, 0.4) is 0 Å². The van der Waals surface area contributed by atoms with Gasteiger partial charge in [0.25, 0.3) is 0 Å². The number of aliphatic hydroxyl groups excluding tert-OH is 1. The lowest BCUT2D eigenvalue weighted by atomic mass is 10.3. The lowest BCUT2D eigenvalue weighted by molar-refractivity contribution is -0.130. The molecular formula is C11H23NO2S. The molecule has 0 fully saturated rings. The Morgan fingerprint density at radius 2 is 1.93 bits per heavy atom. The number of rotatable bonds is 7. The Kier molecular flexibility index (Phi) is 7.88. The molecule has 15 heavy (non-hydrogen) atoms. The van der Waals surface area contributed by atoms with E-state index in [1.165, 1.54) is 0 Å². The van der Waals surface area contributed by atoms with Crippen molar-refractivity contribution in [3.63, 3.8) is 0 Å². The first-order valence-electron chi connectivity index (χ1n) is 5.51. The molecule has 0 bridgehead atoms. The summed E-state index contributed by atoms with van der Waals surface area (Å²) in [5.74, 6) is 0.721. The first kappa shape index (κ1) is 14.8. The van der Waals surface area contributed by atoms with Gasteiger partial charge in [-0.1, -0.05) is 13.8 Å². The van der Waals surface area contributed by atoms with Crippen LogP contribution in [0.4, 0.5) is 0 Å². The minimum Gasteiger partial charge on any atom is -0.396 e. The Bertz CT molecular complexity index is 183. The molecule has 0 saturated heterocycles. The van der Waals surface area contributed by atoms with Gasteiger partial charge >= 0.3 is 0 Å². The monoisotopic (exact) mass is 233 g/mol. The molecule has 0 aliphatic heterocycles. The Hall–Kier alpha value is -0.220. The van der Waals surface area contributed by atoms with Gasteiger partial charge in [0.1, 0.15) is 0 Å². The fraction of sp³-hybridized carbons (Fsp3) is 0.909. The zero-order chi connectivity index (χ0) is 11.8. The molecule has 1 amide bonds. The molecule has 0 rings (SSSR count). The SMILES string of the molecule is CC(C)SCC(=O)N(CCCO)C(C)C. The van der Waals surface area contributed by atoms with E-state index in [4.69, 9.17) is 5.11 Å². The summed E-state index contributed by atoms with van der Waals surface area (Å²) in [5, 5.41) is 9.24. The molecule has 0 aromatic carbocycles. The lowest BCUT2D eigenvalue weighted by Crippen LogP contribution is -2.39. The first-order valence-corrected chi connectivity index (χ1v) is 6.55. The van der Waals surface area contributed by atoms with Crippen LogP contribution in [-0.4, -0.2) is 46.1 Å². The van der Waals surface area contributed by atoms with E-state index in [0.717, 1.165) is 0 Å². The molecule has 4 heteroatoms. The number of aliphatic hydroxyl groups is 1. The van der Waals surface area contributed by atoms with Gasteiger partial charge in [-0.25, -0.2) is 0 Å². The van der Waals surface area contributed by atoms with Gasteiger partial charge < -0.3 is 10.0 Å². The van der Waals surface area contributed by atoms with Crippen molar-refractivity contribution in [2.45, 2.75) is 45.4 Å². The minimum absolute atomic E-state index is 0.147. The molecule has 0 spiro atoms. The number of amides is 1.